The highest BCUT2D eigenvalue weighted by Crippen LogP contribution is 2.42. The number of piperidine rings is 2. The van der Waals surface area contributed by atoms with Crippen LogP contribution in [0.4, 0.5) is 5.69 Å². The van der Waals surface area contributed by atoms with Crippen LogP contribution in [-0.4, -0.2) is 44.3 Å². The quantitative estimate of drug-likeness (QED) is 0.828. The van der Waals surface area contributed by atoms with Crippen LogP contribution in [-0.2, 0) is 9.84 Å². The Morgan fingerprint density at radius 1 is 1.00 bits per heavy atom. The second-order valence-electron chi connectivity index (χ2n) is 8.37. The van der Waals surface area contributed by atoms with Crippen LogP contribution in [0.3, 0.4) is 0 Å². The van der Waals surface area contributed by atoms with Crippen molar-refractivity contribution >= 4 is 15.5 Å². The molecule has 0 saturated carbocycles. The lowest BCUT2D eigenvalue weighted by Crippen LogP contribution is -2.42. The summed E-state index contributed by atoms with van der Waals surface area (Å²) < 4.78 is 23.7. The van der Waals surface area contributed by atoms with Gasteiger partial charge in [-0.15, -0.1) is 0 Å². The monoisotopic (exact) mass is 414 g/mol. The van der Waals surface area contributed by atoms with Crippen molar-refractivity contribution in [1.29, 1.82) is 0 Å². The van der Waals surface area contributed by atoms with E-state index in [9.17, 15) is 8.42 Å². The van der Waals surface area contributed by atoms with E-state index < -0.39 is 9.84 Å². The summed E-state index contributed by atoms with van der Waals surface area (Å²) in [7, 11) is -3.19. The van der Waals surface area contributed by atoms with Crippen molar-refractivity contribution in [3.8, 4) is 0 Å². The molecule has 2 aliphatic rings. The molecule has 156 valence electrons. The zero-order valence-electron chi connectivity index (χ0n) is 17.2. The van der Waals surface area contributed by atoms with Gasteiger partial charge in [0, 0.05) is 30.9 Å². The summed E-state index contributed by atoms with van der Waals surface area (Å²) >= 11 is 0. The molecule has 2 aliphatic heterocycles. The minimum Gasteiger partial charge on any atom is -0.363 e. The number of hydrogen-bond donors (Lipinski definition) is 1. The van der Waals surface area contributed by atoms with E-state index in [1.165, 1.54) is 19.1 Å². The van der Waals surface area contributed by atoms with Crippen molar-refractivity contribution in [3.63, 3.8) is 0 Å². The van der Waals surface area contributed by atoms with Crippen LogP contribution in [0, 0.1) is 18.8 Å². The molecule has 0 amide bonds. The van der Waals surface area contributed by atoms with Crippen molar-refractivity contribution in [2.45, 2.75) is 43.5 Å². The van der Waals surface area contributed by atoms with Gasteiger partial charge in [-0.1, -0.05) is 0 Å². The van der Waals surface area contributed by atoms with Gasteiger partial charge in [-0.2, -0.15) is 0 Å². The van der Waals surface area contributed by atoms with Gasteiger partial charge in [0.05, 0.1) is 22.3 Å². The average Bonchev–Trinajstić information content (AvgIpc) is 2.74. The first-order valence-corrected chi connectivity index (χ1v) is 12.4. The van der Waals surface area contributed by atoms with Gasteiger partial charge in [0.1, 0.15) is 0 Å². The van der Waals surface area contributed by atoms with Crippen molar-refractivity contribution in [2.75, 3.05) is 30.8 Å². The number of benzene rings is 1. The lowest BCUT2D eigenvalue weighted by molar-refractivity contribution is 0.199. The molecule has 1 aromatic carbocycles. The predicted octanol–water partition coefficient (Wildman–Crippen LogP) is 3.15. The number of nitrogens with zero attached hydrogens (tertiary/aromatic N) is 3. The molecule has 2 atom stereocenters. The Kier molecular flexibility index (Phi) is 5.88. The van der Waals surface area contributed by atoms with Crippen LogP contribution in [0.25, 0.3) is 0 Å². The Balaban J connectivity index is 1.64. The van der Waals surface area contributed by atoms with E-state index in [-0.39, 0.29) is 6.04 Å². The van der Waals surface area contributed by atoms with Crippen molar-refractivity contribution < 1.29 is 8.42 Å². The highest BCUT2D eigenvalue weighted by atomic mass is 32.2. The molecule has 1 aromatic heterocycles. The largest absolute Gasteiger partial charge is 0.363 e. The minimum atomic E-state index is -3.19. The maximum atomic E-state index is 11.8. The molecule has 7 heteroatoms. The number of aromatic nitrogens is 2. The first-order valence-electron chi connectivity index (χ1n) is 10.5. The standard InChI is InChI=1S/C22H30N4O2S/c1-16-22(25-13-12-24-16)21-15-18(17-7-10-23-11-8-17)9-14-26(21)19-3-5-20(6-4-19)29(2,27)28/h3-6,12-13,17-18,21,23H,7-11,14-15H2,1-2H3/t18?,21-/m1/s1. The number of sulfone groups is 1. The molecule has 0 radical (unpaired) electrons. The molecule has 29 heavy (non-hydrogen) atoms. The summed E-state index contributed by atoms with van der Waals surface area (Å²) in [6.45, 7) is 5.22. The normalized spacial score (nSPS) is 23.9. The third-order valence-corrected chi connectivity index (χ3v) is 7.65. The number of nitrogens with one attached hydrogen (secondary N) is 1. The molecule has 0 bridgehead atoms. The van der Waals surface area contributed by atoms with Gasteiger partial charge >= 0.3 is 0 Å². The first-order chi connectivity index (χ1) is 13.9. The summed E-state index contributed by atoms with van der Waals surface area (Å²) in [6.07, 6.45) is 9.50. The summed E-state index contributed by atoms with van der Waals surface area (Å²) in [5, 5.41) is 3.48. The Morgan fingerprint density at radius 3 is 2.34 bits per heavy atom. The molecule has 4 rings (SSSR count). The smallest absolute Gasteiger partial charge is 0.175 e. The maximum Gasteiger partial charge on any atom is 0.175 e. The maximum absolute atomic E-state index is 11.8. The van der Waals surface area contributed by atoms with Crippen molar-refractivity contribution in [2.24, 2.45) is 11.8 Å². The Bertz CT molecular complexity index is 940. The van der Waals surface area contributed by atoms with Crippen LogP contribution in [0.2, 0.25) is 0 Å². The summed E-state index contributed by atoms with van der Waals surface area (Å²) in [5.74, 6) is 1.46. The SMILES string of the molecule is Cc1nccnc1[C@H]1CC(C2CCNCC2)CCN1c1ccc(S(C)(=O)=O)cc1. The van der Waals surface area contributed by atoms with E-state index >= 15 is 0 Å². The van der Waals surface area contributed by atoms with E-state index in [1.807, 2.05) is 19.1 Å². The Labute approximate surface area is 173 Å². The van der Waals surface area contributed by atoms with E-state index in [0.29, 0.717) is 10.8 Å². The second kappa shape index (κ2) is 8.40. The van der Waals surface area contributed by atoms with E-state index in [4.69, 9.17) is 4.98 Å². The number of hydrogen-bond acceptors (Lipinski definition) is 6. The van der Waals surface area contributed by atoms with E-state index in [0.717, 1.165) is 55.5 Å². The van der Waals surface area contributed by atoms with Crippen LogP contribution in [0.15, 0.2) is 41.6 Å². The molecular formula is C22H30N4O2S. The van der Waals surface area contributed by atoms with Gasteiger partial charge in [0.25, 0.3) is 0 Å². The third kappa shape index (κ3) is 4.46. The number of rotatable bonds is 4. The Morgan fingerprint density at radius 2 is 1.69 bits per heavy atom. The first kappa shape index (κ1) is 20.3. The molecule has 2 fully saturated rings. The van der Waals surface area contributed by atoms with Crippen molar-refractivity contribution in [3.05, 3.63) is 48.0 Å². The summed E-state index contributed by atoms with van der Waals surface area (Å²) in [6, 6.07) is 7.45. The second-order valence-corrected chi connectivity index (χ2v) is 10.4. The molecular weight excluding hydrogens is 384 g/mol. The van der Waals surface area contributed by atoms with Crippen molar-refractivity contribution in [1.82, 2.24) is 15.3 Å². The fourth-order valence-corrected chi connectivity index (χ4v) is 5.57. The minimum absolute atomic E-state index is 0.168. The Hall–Kier alpha value is -1.99. The molecule has 6 nitrogen and oxygen atoms in total. The van der Waals surface area contributed by atoms with Crippen LogP contribution in [0.1, 0.15) is 43.1 Å². The van der Waals surface area contributed by atoms with Crippen LogP contribution >= 0.6 is 0 Å². The molecule has 2 aromatic rings. The van der Waals surface area contributed by atoms with E-state index in [2.05, 4.69) is 15.2 Å². The summed E-state index contributed by atoms with van der Waals surface area (Å²) in [5.41, 5.74) is 3.07. The lowest BCUT2D eigenvalue weighted by atomic mass is 9.76. The zero-order valence-corrected chi connectivity index (χ0v) is 18.0. The fourth-order valence-electron chi connectivity index (χ4n) is 4.93. The van der Waals surface area contributed by atoms with Gasteiger partial charge in [-0.05, 0) is 81.8 Å². The average molecular weight is 415 g/mol. The fraction of sp³-hybridized carbons (Fsp3) is 0.545. The van der Waals surface area contributed by atoms with Crippen LogP contribution < -0.4 is 10.2 Å². The van der Waals surface area contributed by atoms with Gasteiger partial charge in [0.15, 0.2) is 9.84 Å². The molecule has 0 aliphatic carbocycles. The zero-order chi connectivity index (χ0) is 20.4. The van der Waals surface area contributed by atoms with Gasteiger partial charge in [-0.25, -0.2) is 8.42 Å². The highest BCUT2D eigenvalue weighted by Gasteiger charge is 2.35. The molecule has 1 unspecified atom stereocenters. The van der Waals surface area contributed by atoms with Crippen LogP contribution in [0.5, 0.6) is 0 Å². The number of anilines is 1. The van der Waals surface area contributed by atoms with Gasteiger partial charge in [0.2, 0.25) is 0 Å². The topological polar surface area (TPSA) is 75.2 Å². The van der Waals surface area contributed by atoms with Gasteiger partial charge < -0.3 is 10.2 Å². The van der Waals surface area contributed by atoms with E-state index in [1.54, 1.807) is 24.5 Å². The lowest BCUT2D eigenvalue weighted by Gasteiger charge is -2.44. The molecule has 1 N–H and O–H groups in total. The predicted molar refractivity (Wildman–Crippen MR) is 115 cm³/mol. The summed E-state index contributed by atoms with van der Waals surface area (Å²) in [4.78, 5) is 11.9. The molecule has 3 heterocycles. The third-order valence-electron chi connectivity index (χ3n) is 6.52. The number of aryl methyl sites for hydroxylation is 1. The highest BCUT2D eigenvalue weighted by molar-refractivity contribution is 7.90. The molecule has 0 spiro atoms. The van der Waals surface area contributed by atoms with Gasteiger partial charge in [-0.3, -0.25) is 9.97 Å². The molecule has 2 saturated heterocycles.